The van der Waals surface area contributed by atoms with E-state index in [0.717, 1.165) is 11.3 Å². The maximum absolute atomic E-state index is 10.8. The molecule has 4 nitrogen and oxygen atoms in total. The molecule has 0 spiro atoms. The highest BCUT2D eigenvalue weighted by atomic mass is 16.6. The first kappa shape index (κ1) is 11.9. The summed E-state index contributed by atoms with van der Waals surface area (Å²) in [6, 6.07) is 4.97. The van der Waals surface area contributed by atoms with Crippen molar-refractivity contribution in [2.75, 3.05) is 5.32 Å². The standard InChI is InChI=1S/C13H18N2O2/c1-9-4-7-11(15(16)17)8-12(9)14-13(2,3)10-5-6-10/h4,7-8,10,14H,5-6H2,1-3H3. The van der Waals surface area contributed by atoms with Gasteiger partial charge in [-0.3, -0.25) is 10.1 Å². The second kappa shape index (κ2) is 4.02. The molecule has 1 aromatic carbocycles. The lowest BCUT2D eigenvalue weighted by molar-refractivity contribution is -0.384. The Bertz CT molecular complexity index is 451. The largest absolute Gasteiger partial charge is 0.379 e. The van der Waals surface area contributed by atoms with E-state index in [2.05, 4.69) is 19.2 Å². The van der Waals surface area contributed by atoms with Crippen molar-refractivity contribution in [3.05, 3.63) is 33.9 Å². The van der Waals surface area contributed by atoms with E-state index in [1.165, 1.54) is 12.8 Å². The summed E-state index contributed by atoms with van der Waals surface area (Å²) in [6.45, 7) is 6.28. The molecule has 0 radical (unpaired) electrons. The van der Waals surface area contributed by atoms with E-state index in [1.54, 1.807) is 18.2 Å². The van der Waals surface area contributed by atoms with Crippen molar-refractivity contribution in [1.29, 1.82) is 0 Å². The maximum atomic E-state index is 10.8. The quantitative estimate of drug-likeness (QED) is 0.640. The Morgan fingerprint density at radius 1 is 1.41 bits per heavy atom. The highest BCUT2D eigenvalue weighted by Gasteiger charge is 2.37. The minimum atomic E-state index is -0.352. The number of non-ortho nitro benzene ring substituents is 1. The highest BCUT2D eigenvalue weighted by Crippen LogP contribution is 2.41. The van der Waals surface area contributed by atoms with Gasteiger partial charge in [0.05, 0.1) is 4.92 Å². The fraction of sp³-hybridized carbons (Fsp3) is 0.538. The molecule has 1 fully saturated rings. The van der Waals surface area contributed by atoms with Crippen LogP contribution in [0.25, 0.3) is 0 Å². The molecule has 1 aromatic rings. The molecule has 0 aliphatic heterocycles. The lowest BCUT2D eigenvalue weighted by Crippen LogP contribution is -2.33. The van der Waals surface area contributed by atoms with Gasteiger partial charge in [-0.05, 0) is 45.1 Å². The third-order valence-electron chi connectivity index (χ3n) is 3.49. The van der Waals surface area contributed by atoms with E-state index in [9.17, 15) is 10.1 Å². The summed E-state index contributed by atoms with van der Waals surface area (Å²) in [5.74, 6) is 0.682. The molecule has 0 saturated heterocycles. The number of nitro groups is 1. The summed E-state index contributed by atoms with van der Waals surface area (Å²) in [6.07, 6.45) is 2.49. The molecule has 0 heterocycles. The molecular formula is C13H18N2O2. The Balaban J connectivity index is 2.24. The Morgan fingerprint density at radius 2 is 2.06 bits per heavy atom. The van der Waals surface area contributed by atoms with Gasteiger partial charge in [0.1, 0.15) is 0 Å². The normalized spacial score (nSPS) is 15.7. The SMILES string of the molecule is Cc1ccc([N+](=O)[O-])cc1NC(C)(C)C1CC1. The zero-order valence-electron chi connectivity index (χ0n) is 10.5. The molecule has 0 atom stereocenters. The number of nitrogens with zero attached hydrogens (tertiary/aromatic N) is 1. The van der Waals surface area contributed by atoms with E-state index in [-0.39, 0.29) is 16.1 Å². The zero-order valence-corrected chi connectivity index (χ0v) is 10.5. The summed E-state index contributed by atoms with van der Waals surface area (Å²) in [5.41, 5.74) is 2.07. The summed E-state index contributed by atoms with van der Waals surface area (Å²) in [5, 5.41) is 14.2. The number of anilines is 1. The number of hydrogen-bond acceptors (Lipinski definition) is 3. The van der Waals surface area contributed by atoms with E-state index < -0.39 is 0 Å². The summed E-state index contributed by atoms with van der Waals surface area (Å²) >= 11 is 0. The second-order valence-corrected chi connectivity index (χ2v) is 5.38. The van der Waals surface area contributed by atoms with Crippen LogP contribution in [0.3, 0.4) is 0 Å². The van der Waals surface area contributed by atoms with Crippen LogP contribution in [0.15, 0.2) is 18.2 Å². The van der Waals surface area contributed by atoms with Crippen molar-refractivity contribution in [3.63, 3.8) is 0 Å². The third kappa shape index (κ3) is 2.57. The molecule has 2 rings (SSSR count). The molecular weight excluding hydrogens is 216 g/mol. The maximum Gasteiger partial charge on any atom is 0.271 e. The molecule has 0 bridgehead atoms. The summed E-state index contributed by atoms with van der Waals surface area (Å²) in [4.78, 5) is 10.4. The molecule has 1 aliphatic rings. The van der Waals surface area contributed by atoms with Crippen LogP contribution in [0.4, 0.5) is 11.4 Å². The van der Waals surface area contributed by atoms with Crippen LogP contribution in [0.1, 0.15) is 32.3 Å². The molecule has 0 amide bonds. The molecule has 92 valence electrons. The van der Waals surface area contributed by atoms with Crippen molar-refractivity contribution in [1.82, 2.24) is 0 Å². The van der Waals surface area contributed by atoms with Crippen molar-refractivity contribution < 1.29 is 4.92 Å². The van der Waals surface area contributed by atoms with Gasteiger partial charge in [0.15, 0.2) is 0 Å². The average molecular weight is 234 g/mol. The Morgan fingerprint density at radius 3 is 2.59 bits per heavy atom. The van der Waals surface area contributed by atoms with Crippen LogP contribution in [0.2, 0.25) is 0 Å². The van der Waals surface area contributed by atoms with E-state index >= 15 is 0 Å². The van der Waals surface area contributed by atoms with Gasteiger partial charge < -0.3 is 5.32 Å². The van der Waals surface area contributed by atoms with Crippen molar-refractivity contribution in [2.45, 2.75) is 39.2 Å². The average Bonchev–Trinajstić information content (AvgIpc) is 3.04. The molecule has 17 heavy (non-hydrogen) atoms. The van der Waals surface area contributed by atoms with Gasteiger partial charge in [-0.15, -0.1) is 0 Å². The second-order valence-electron chi connectivity index (χ2n) is 5.38. The first-order chi connectivity index (χ1) is 7.90. The van der Waals surface area contributed by atoms with Gasteiger partial charge in [-0.2, -0.15) is 0 Å². The van der Waals surface area contributed by atoms with Crippen molar-refractivity contribution in [2.24, 2.45) is 5.92 Å². The van der Waals surface area contributed by atoms with Gasteiger partial charge in [-0.25, -0.2) is 0 Å². The van der Waals surface area contributed by atoms with E-state index in [4.69, 9.17) is 0 Å². The Labute approximate surface area is 101 Å². The van der Waals surface area contributed by atoms with Gasteiger partial charge in [-0.1, -0.05) is 6.07 Å². The minimum absolute atomic E-state index is 0.0139. The predicted octanol–water partition coefficient (Wildman–Crippen LogP) is 3.50. The monoisotopic (exact) mass is 234 g/mol. The van der Waals surface area contributed by atoms with Crippen molar-refractivity contribution in [3.8, 4) is 0 Å². The number of nitrogens with one attached hydrogen (secondary N) is 1. The van der Waals surface area contributed by atoms with Crippen molar-refractivity contribution >= 4 is 11.4 Å². The molecule has 0 unspecified atom stereocenters. The number of hydrogen-bond donors (Lipinski definition) is 1. The topological polar surface area (TPSA) is 55.2 Å². The smallest absolute Gasteiger partial charge is 0.271 e. The van der Waals surface area contributed by atoms with Crippen LogP contribution < -0.4 is 5.32 Å². The molecule has 4 heteroatoms. The zero-order chi connectivity index (χ0) is 12.6. The van der Waals surface area contributed by atoms with E-state index in [0.29, 0.717) is 5.92 Å². The Hall–Kier alpha value is -1.58. The van der Waals surface area contributed by atoms with Gasteiger partial charge in [0.2, 0.25) is 0 Å². The summed E-state index contributed by atoms with van der Waals surface area (Å²) < 4.78 is 0. The lowest BCUT2D eigenvalue weighted by Gasteiger charge is -2.28. The van der Waals surface area contributed by atoms with Gasteiger partial charge in [0.25, 0.3) is 5.69 Å². The number of nitro benzene ring substituents is 1. The first-order valence-corrected chi connectivity index (χ1v) is 5.93. The molecule has 1 aliphatic carbocycles. The highest BCUT2D eigenvalue weighted by molar-refractivity contribution is 5.58. The predicted molar refractivity (Wildman–Crippen MR) is 68.3 cm³/mol. The number of aryl methyl sites for hydroxylation is 1. The van der Waals surface area contributed by atoms with Crippen LogP contribution in [-0.2, 0) is 0 Å². The molecule has 0 aromatic heterocycles. The van der Waals surface area contributed by atoms with Crippen LogP contribution in [-0.4, -0.2) is 10.5 Å². The molecule has 1 saturated carbocycles. The van der Waals surface area contributed by atoms with Crippen LogP contribution >= 0.6 is 0 Å². The van der Waals surface area contributed by atoms with Gasteiger partial charge >= 0.3 is 0 Å². The van der Waals surface area contributed by atoms with Crippen LogP contribution in [0, 0.1) is 23.0 Å². The molecule has 1 N–H and O–H groups in total. The van der Waals surface area contributed by atoms with E-state index in [1.807, 2.05) is 6.92 Å². The summed E-state index contributed by atoms with van der Waals surface area (Å²) in [7, 11) is 0. The first-order valence-electron chi connectivity index (χ1n) is 5.93. The minimum Gasteiger partial charge on any atom is -0.379 e. The lowest BCUT2D eigenvalue weighted by atomic mass is 9.97. The van der Waals surface area contributed by atoms with Gasteiger partial charge in [0, 0.05) is 23.4 Å². The van der Waals surface area contributed by atoms with Crippen LogP contribution in [0.5, 0.6) is 0 Å². The Kier molecular flexibility index (Phi) is 2.81. The fourth-order valence-corrected chi connectivity index (χ4v) is 2.11. The third-order valence-corrected chi connectivity index (χ3v) is 3.49. The fourth-order valence-electron chi connectivity index (χ4n) is 2.11. The number of rotatable bonds is 4. The number of benzene rings is 1.